The van der Waals surface area contributed by atoms with Crippen LogP contribution in [0.1, 0.15) is 18.4 Å². The van der Waals surface area contributed by atoms with Crippen molar-refractivity contribution >= 4 is 5.69 Å². The summed E-state index contributed by atoms with van der Waals surface area (Å²) in [6, 6.07) is 4.59. The van der Waals surface area contributed by atoms with E-state index in [9.17, 15) is 8.78 Å². The third kappa shape index (κ3) is 2.17. The predicted molar refractivity (Wildman–Crippen MR) is 67.6 cm³/mol. The molecule has 100 valence electrons. The number of rotatable bonds is 2. The van der Waals surface area contributed by atoms with E-state index in [1.165, 1.54) is 12.1 Å². The molecule has 3 saturated heterocycles. The van der Waals surface area contributed by atoms with Crippen LogP contribution in [0, 0.1) is 28.9 Å². The van der Waals surface area contributed by atoms with Gasteiger partial charge in [-0.2, -0.15) is 5.26 Å². The van der Waals surface area contributed by atoms with Crippen molar-refractivity contribution < 1.29 is 8.78 Å². The van der Waals surface area contributed by atoms with Crippen LogP contribution in [0.3, 0.4) is 0 Å². The second-order valence-electron chi connectivity index (χ2n) is 5.29. The van der Waals surface area contributed by atoms with Crippen LogP contribution in [-0.4, -0.2) is 30.6 Å². The molecular weight excluding hydrogens is 248 g/mol. The zero-order valence-electron chi connectivity index (χ0n) is 10.5. The van der Waals surface area contributed by atoms with E-state index >= 15 is 0 Å². The molecule has 0 spiro atoms. The zero-order valence-corrected chi connectivity index (χ0v) is 10.5. The van der Waals surface area contributed by atoms with Gasteiger partial charge in [0.2, 0.25) is 0 Å². The molecule has 0 saturated carbocycles. The lowest BCUT2D eigenvalue weighted by Gasteiger charge is -2.45. The van der Waals surface area contributed by atoms with Crippen LogP contribution in [0.5, 0.6) is 0 Å². The molecule has 3 aliphatic heterocycles. The summed E-state index contributed by atoms with van der Waals surface area (Å²) in [5.41, 5.74) is -0.0905. The summed E-state index contributed by atoms with van der Waals surface area (Å²) in [4.78, 5) is 2.34. The molecule has 3 fully saturated rings. The van der Waals surface area contributed by atoms with Crippen LogP contribution < -0.4 is 5.32 Å². The number of piperidine rings is 3. The number of fused-ring (bicyclic) bond motifs is 3. The zero-order chi connectivity index (χ0) is 13.4. The normalized spacial score (nSPS) is 29.0. The molecule has 1 unspecified atom stereocenters. The van der Waals surface area contributed by atoms with E-state index in [1.807, 2.05) is 0 Å². The van der Waals surface area contributed by atoms with Crippen LogP contribution in [-0.2, 0) is 0 Å². The van der Waals surface area contributed by atoms with Crippen LogP contribution in [0.25, 0.3) is 0 Å². The topological polar surface area (TPSA) is 39.1 Å². The van der Waals surface area contributed by atoms with Gasteiger partial charge in [-0.15, -0.1) is 0 Å². The van der Waals surface area contributed by atoms with Gasteiger partial charge in [-0.3, -0.25) is 0 Å². The molecular formula is C14H15F2N3. The molecule has 0 radical (unpaired) electrons. The average molecular weight is 263 g/mol. The molecule has 1 atom stereocenters. The van der Waals surface area contributed by atoms with Gasteiger partial charge >= 0.3 is 0 Å². The lowest BCUT2D eigenvalue weighted by Crippen LogP contribution is -2.53. The van der Waals surface area contributed by atoms with Gasteiger partial charge in [0.25, 0.3) is 0 Å². The number of hydrogen-bond donors (Lipinski definition) is 1. The second kappa shape index (κ2) is 4.78. The Morgan fingerprint density at radius 1 is 1.21 bits per heavy atom. The van der Waals surface area contributed by atoms with E-state index in [0.29, 0.717) is 5.92 Å². The molecule has 5 heteroatoms. The molecule has 1 aromatic rings. The maximum Gasteiger partial charge on any atom is 0.183 e. The first-order chi connectivity index (χ1) is 9.19. The molecule has 4 rings (SSSR count). The number of nitriles is 1. The Bertz CT molecular complexity index is 530. The van der Waals surface area contributed by atoms with Crippen molar-refractivity contribution in [2.75, 3.05) is 25.0 Å². The number of nitrogens with zero attached hydrogens (tertiary/aromatic N) is 2. The molecule has 2 bridgehead atoms. The molecule has 0 amide bonds. The van der Waals surface area contributed by atoms with Crippen LogP contribution in [0.4, 0.5) is 14.5 Å². The lowest BCUT2D eigenvalue weighted by molar-refractivity contribution is 0.0973. The second-order valence-corrected chi connectivity index (χ2v) is 5.29. The van der Waals surface area contributed by atoms with E-state index in [-0.39, 0.29) is 17.3 Å². The van der Waals surface area contributed by atoms with E-state index in [1.54, 1.807) is 6.07 Å². The molecule has 0 aromatic heterocycles. The van der Waals surface area contributed by atoms with Crippen LogP contribution >= 0.6 is 0 Å². The summed E-state index contributed by atoms with van der Waals surface area (Å²) in [6.07, 6.45) is 2.22. The number of halogens is 2. The predicted octanol–water partition coefficient (Wildman–Crippen LogP) is 2.34. The SMILES string of the molecule is N#Cc1ccc(NC2CN3CCC2CC3)c(F)c1F. The van der Waals surface area contributed by atoms with Crippen molar-refractivity contribution in [1.82, 2.24) is 4.90 Å². The Kier molecular flexibility index (Phi) is 3.11. The van der Waals surface area contributed by atoms with Gasteiger partial charge in [-0.25, -0.2) is 8.78 Å². The van der Waals surface area contributed by atoms with Gasteiger partial charge in [0.1, 0.15) is 6.07 Å². The fraction of sp³-hybridized carbons (Fsp3) is 0.500. The minimum absolute atomic E-state index is 0.162. The third-order valence-corrected chi connectivity index (χ3v) is 4.20. The minimum atomic E-state index is -1.06. The Labute approximate surface area is 110 Å². The highest BCUT2D eigenvalue weighted by atomic mass is 19.2. The van der Waals surface area contributed by atoms with Crippen molar-refractivity contribution in [1.29, 1.82) is 5.26 Å². The molecule has 3 nitrogen and oxygen atoms in total. The first-order valence-corrected chi connectivity index (χ1v) is 6.56. The summed E-state index contributed by atoms with van der Waals surface area (Å²) in [5.74, 6) is -1.48. The molecule has 0 aliphatic carbocycles. The Balaban J connectivity index is 1.81. The summed E-state index contributed by atoms with van der Waals surface area (Å²) in [5, 5.41) is 11.8. The Morgan fingerprint density at radius 3 is 2.53 bits per heavy atom. The maximum atomic E-state index is 13.8. The highest BCUT2D eigenvalue weighted by Gasteiger charge is 2.34. The standard InChI is InChI=1S/C14H15F2N3/c15-13-10(7-17)1-2-11(14(13)16)18-12-8-19-5-3-9(12)4-6-19/h1-2,9,12,18H,3-6,8H2. The summed E-state index contributed by atoms with van der Waals surface area (Å²) in [6.45, 7) is 3.09. The monoisotopic (exact) mass is 263 g/mol. The average Bonchev–Trinajstić information content (AvgIpc) is 2.45. The van der Waals surface area contributed by atoms with Gasteiger partial charge in [0.05, 0.1) is 11.3 Å². The van der Waals surface area contributed by atoms with E-state index in [0.717, 1.165) is 32.5 Å². The molecule has 19 heavy (non-hydrogen) atoms. The molecule has 1 N–H and O–H groups in total. The quantitative estimate of drug-likeness (QED) is 0.890. The van der Waals surface area contributed by atoms with Gasteiger partial charge in [-0.05, 0) is 44.0 Å². The van der Waals surface area contributed by atoms with Crippen molar-refractivity contribution in [3.63, 3.8) is 0 Å². The Hall–Kier alpha value is -1.67. The number of nitrogens with one attached hydrogen (secondary N) is 1. The summed E-state index contributed by atoms with van der Waals surface area (Å²) >= 11 is 0. The minimum Gasteiger partial charge on any atom is -0.378 e. The number of hydrogen-bond acceptors (Lipinski definition) is 3. The first kappa shape index (κ1) is 12.4. The van der Waals surface area contributed by atoms with Crippen molar-refractivity contribution in [3.05, 3.63) is 29.3 Å². The van der Waals surface area contributed by atoms with Crippen molar-refractivity contribution in [3.8, 4) is 6.07 Å². The van der Waals surface area contributed by atoms with Gasteiger partial charge in [0.15, 0.2) is 11.6 Å². The highest BCUT2D eigenvalue weighted by Crippen LogP contribution is 2.31. The van der Waals surface area contributed by atoms with Gasteiger partial charge in [0, 0.05) is 12.6 Å². The van der Waals surface area contributed by atoms with Crippen molar-refractivity contribution in [2.45, 2.75) is 18.9 Å². The largest absolute Gasteiger partial charge is 0.378 e. The maximum absolute atomic E-state index is 13.8. The highest BCUT2D eigenvalue weighted by molar-refractivity contribution is 5.50. The summed E-state index contributed by atoms with van der Waals surface area (Å²) in [7, 11) is 0. The lowest BCUT2D eigenvalue weighted by atomic mass is 9.84. The van der Waals surface area contributed by atoms with Gasteiger partial charge in [-0.1, -0.05) is 0 Å². The van der Waals surface area contributed by atoms with Crippen LogP contribution in [0.2, 0.25) is 0 Å². The number of anilines is 1. The smallest absolute Gasteiger partial charge is 0.183 e. The molecule has 3 aliphatic rings. The van der Waals surface area contributed by atoms with Gasteiger partial charge < -0.3 is 10.2 Å². The van der Waals surface area contributed by atoms with E-state index in [2.05, 4.69) is 10.2 Å². The number of benzene rings is 1. The first-order valence-electron chi connectivity index (χ1n) is 6.56. The molecule has 1 aromatic carbocycles. The van der Waals surface area contributed by atoms with E-state index in [4.69, 9.17) is 5.26 Å². The summed E-state index contributed by atoms with van der Waals surface area (Å²) < 4.78 is 27.4. The van der Waals surface area contributed by atoms with Crippen molar-refractivity contribution in [2.24, 2.45) is 5.92 Å². The Morgan fingerprint density at radius 2 is 1.95 bits per heavy atom. The fourth-order valence-corrected chi connectivity index (χ4v) is 3.08. The van der Waals surface area contributed by atoms with E-state index < -0.39 is 11.6 Å². The fourth-order valence-electron chi connectivity index (χ4n) is 3.08. The van der Waals surface area contributed by atoms with Crippen LogP contribution in [0.15, 0.2) is 12.1 Å². The third-order valence-electron chi connectivity index (χ3n) is 4.20. The molecule has 3 heterocycles.